The van der Waals surface area contributed by atoms with Gasteiger partial charge in [0.2, 0.25) is 0 Å². The highest BCUT2D eigenvalue weighted by molar-refractivity contribution is 7.08. The summed E-state index contributed by atoms with van der Waals surface area (Å²) >= 11 is 1.57. The van der Waals surface area contributed by atoms with Crippen LogP contribution in [0.3, 0.4) is 0 Å². The number of carbonyl (C=O) groups excluding carboxylic acids is 1. The van der Waals surface area contributed by atoms with Crippen LogP contribution in [0, 0.1) is 12.3 Å². The van der Waals surface area contributed by atoms with Crippen LogP contribution in [0.2, 0.25) is 0 Å². The van der Waals surface area contributed by atoms with E-state index in [1.54, 1.807) is 11.3 Å². The fourth-order valence-electron chi connectivity index (χ4n) is 3.95. The van der Waals surface area contributed by atoms with Crippen molar-refractivity contribution < 1.29 is 9.53 Å². The number of hydrogen-bond donors (Lipinski definition) is 0. The maximum Gasteiger partial charge on any atom is 0.254 e. The van der Waals surface area contributed by atoms with Crippen molar-refractivity contribution in [3.63, 3.8) is 0 Å². The lowest BCUT2D eigenvalue weighted by atomic mass is 9.80. The molecule has 2 aromatic rings. The number of aryl methyl sites for hydroxylation is 1. The second kappa shape index (κ2) is 7.32. The summed E-state index contributed by atoms with van der Waals surface area (Å²) in [4.78, 5) is 17.1. The highest BCUT2D eigenvalue weighted by Crippen LogP contribution is 2.34. The van der Waals surface area contributed by atoms with Crippen LogP contribution >= 0.6 is 11.3 Å². The van der Waals surface area contributed by atoms with E-state index < -0.39 is 0 Å². The summed E-state index contributed by atoms with van der Waals surface area (Å²) < 4.78 is 5.96. The molecule has 2 aliphatic rings. The molecule has 0 bridgehead atoms. The molecule has 2 aliphatic heterocycles. The summed E-state index contributed by atoms with van der Waals surface area (Å²) in [5.41, 5.74) is 1.66. The zero-order valence-corrected chi connectivity index (χ0v) is 15.9. The molecular weight excluding hydrogens is 348 g/mol. The third-order valence-electron chi connectivity index (χ3n) is 5.26. The minimum atomic E-state index is -0.0486. The van der Waals surface area contributed by atoms with Gasteiger partial charge in [-0.1, -0.05) is 0 Å². The van der Waals surface area contributed by atoms with Crippen molar-refractivity contribution >= 4 is 23.1 Å². The standard InChI is InChI=1S/C19H24N4O2S/c1-15-3-4-17(21-20-15)22-8-9-25-14-19(12-22)6-2-7-23(13-19)18(24)16-5-10-26-11-16/h3-5,10-11H,2,6-9,12-14H2,1H3. The van der Waals surface area contributed by atoms with Gasteiger partial charge in [-0.25, -0.2) is 0 Å². The first-order chi connectivity index (χ1) is 12.7. The maximum absolute atomic E-state index is 12.8. The Morgan fingerprint density at radius 2 is 2.15 bits per heavy atom. The maximum atomic E-state index is 12.8. The lowest BCUT2D eigenvalue weighted by molar-refractivity contribution is 0.0135. The van der Waals surface area contributed by atoms with Crippen molar-refractivity contribution in [2.45, 2.75) is 19.8 Å². The number of ether oxygens (including phenoxy) is 1. The Bertz CT molecular complexity index is 749. The first kappa shape index (κ1) is 17.4. The van der Waals surface area contributed by atoms with Gasteiger partial charge in [0, 0.05) is 37.0 Å². The third kappa shape index (κ3) is 3.59. The smallest absolute Gasteiger partial charge is 0.254 e. The number of carbonyl (C=O) groups is 1. The quantitative estimate of drug-likeness (QED) is 0.811. The lowest BCUT2D eigenvalue weighted by Gasteiger charge is -2.43. The van der Waals surface area contributed by atoms with Crippen molar-refractivity contribution in [3.05, 3.63) is 40.2 Å². The van der Waals surface area contributed by atoms with E-state index >= 15 is 0 Å². The predicted octanol–water partition coefficient (Wildman–Crippen LogP) is 2.61. The van der Waals surface area contributed by atoms with Crippen molar-refractivity contribution in [1.82, 2.24) is 15.1 Å². The van der Waals surface area contributed by atoms with Crippen molar-refractivity contribution in [2.24, 2.45) is 5.41 Å². The molecule has 0 aliphatic carbocycles. The molecule has 0 radical (unpaired) electrons. The normalized spacial score (nSPS) is 23.9. The van der Waals surface area contributed by atoms with Gasteiger partial charge >= 0.3 is 0 Å². The second-order valence-corrected chi connectivity index (χ2v) is 8.13. The van der Waals surface area contributed by atoms with E-state index in [-0.39, 0.29) is 11.3 Å². The van der Waals surface area contributed by atoms with Crippen LogP contribution < -0.4 is 4.90 Å². The molecule has 1 unspecified atom stereocenters. The van der Waals surface area contributed by atoms with E-state index in [1.807, 2.05) is 40.8 Å². The van der Waals surface area contributed by atoms with E-state index in [2.05, 4.69) is 15.1 Å². The van der Waals surface area contributed by atoms with Gasteiger partial charge in [-0.15, -0.1) is 5.10 Å². The van der Waals surface area contributed by atoms with Gasteiger partial charge in [-0.2, -0.15) is 16.4 Å². The molecular formula is C19H24N4O2S. The Labute approximate surface area is 157 Å². The number of piperidine rings is 1. The van der Waals surface area contributed by atoms with Crippen LogP contribution in [-0.4, -0.2) is 60.4 Å². The fraction of sp³-hybridized carbons (Fsp3) is 0.526. The second-order valence-electron chi connectivity index (χ2n) is 7.35. The average Bonchev–Trinajstić information content (AvgIpc) is 3.12. The van der Waals surface area contributed by atoms with Crippen molar-refractivity contribution in [1.29, 1.82) is 0 Å². The Kier molecular flexibility index (Phi) is 4.91. The molecule has 4 heterocycles. The van der Waals surface area contributed by atoms with Crippen LogP contribution in [0.25, 0.3) is 0 Å². The number of amides is 1. The van der Waals surface area contributed by atoms with Crippen LogP contribution in [-0.2, 0) is 4.74 Å². The molecule has 26 heavy (non-hydrogen) atoms. The Balaban J connectivity index is 1.53. The van der Waals surface area contributed by atoms with Crippen LogP contribution in [0.5, 0.6) is 0 Å². The minimum absolute atomic E-state index is 0.0486. The first-order valence-electron chi connectivity index (χ1n) is 9.10. The summed E-state index contributed by atoms with van der Waals surface area (Å²) in [5.74, 6) is 1.03. The van der Waals surface area contributed by atoms with Gasteiger partial charge in [0.25, 0.3) is 5.91 Å². The number of thiophene rings is 1. The largest absolute Gasteiger partial charge is 0.379 e. The van der Waals surface area contributed by atoms with Gasteiger partial charge in [0.15, 0.2) is 5.82 Å². The Morgan fingerprint density at radius 3 is 2.92 bits per heavy atom. The monoisotopic (exact) mass is 372 g/mol. The van der Waals surface area contributed by atoms with Gasteiger partial charge in [0.05, 0.1) is 24.5 Å². The Morgan fingerprint density at radius 1 is 1.23 bits per heavy atom. The first-order valence-corrected chi connectivity index (χ1v) is 10.0. The molecule has 7 heteroatoms. The number of aromatic nitrogens is 2. The molecule has 2 aromatic heterocycles. The summed E-state index contributed by atoms with van der Waals surface area (Å²) in [7, 11) is 0. The summed E-state index contributed by atoms with van der Waals surface area (Å²) in [5, 5.41) is 12.4. The molecule has 138 valence electrons. The van der Waals surface area contributed by atoms with Gasteiger partial charge in [0.1, 0.15) is 0 Å². The molecule has 2 saturated heterocycles. The molecule has 0 aromatic carbocycles. The van der Waals surface area contributed by atoms with Gasteiger partial charge in [-0.3, -0.25) is 4.79 Å². The molecule has 4 rings (SSSR count). The average molecular weight is 372 g/mol. The van der Waals surface area contributed by atoms with Crippen molar-refractivity contribution in [2.75, 3.05) is 44.3 Å². The number of nitrogens with zero attached hydrogens (tertiary/aromatic N) is 4. The molecule has 2 fully saturated rings. The van der Waals surface area contributed by atoms with Crippen LogP contribution in [0.15, 0.2) is 29.0 Å². The van der Waals surface area contributed by atoms with Crippen LogP contribution in [0.4, 0.5) is 5.82 Å². The molecule has 1 amide bonds. The number of hydrogen-bond acceptors (Lipinski definition) is 6. The molecule has 0 saturated carbocycles. The molecule has 6 nitrogen and oxygen atoms in total. The predicted molar refractivity (Wildman–Crippen MR) is 102 cm³/mol. The Hall–Kier alpha value is -1.99. The van der Waals surface area contributed by atoms with E-state index in [0.717, 1.165) is 56.1 Å². The van der Waals surface area contributed by atoms with E-state index in [9.17, 15) is 4.79 Å². The van der Waals surface area contributed by atoms with E-state index in [0.29, 0.717) is 13.2 Å². The SMILES string of the molecule is Cc1ccc(N2CCOCC3(CCCN(C(=O)c4ccsc4)C3)C2)nn1. The third-order valence-corrected chi connectivity index (χ3v) is 5.95. The van der Waals surface area contributed by atoms with E-state index in [1.165, 1.54) is 0 Å². The fourth-order valence-corrected chi connectivity index (χ4v) is 4.58. The number of likely N-dealkylation sites (tertiary alicyclic amines) is 1. The molecule has 0 N–H and O–H groups in total. The lowest BCUT2D eigenvalue weighted by Crippen LogP contribution is -2.52. The summed E-state index contributed by atoms with van der Waals surface area (Å²) in [6.45, 7) is 6.51. The van der Waals surface area contributed by atoms with Gasteiger partial charge in [-0.05, 0) is 43.3 Å². The topological polar surface area (TPSA) is 58.6 Å². The highest BCUT2D eigenvalue weighted by atomic mass is 32.1. The zero-order chi connectivity index (χ0) is 18.0. The zero-order valence-electron chi connectivity index (χ0n) is 15.1. The van der Waals surface area contributed by atoms with E-state index in [4.69, 9.17) is 4.74 Å². The van der Waals surface area contributed by atoms with Crippen LogP contribution in [0.1, 0.15) is 28.9 Å². The van der Waals surface area contributed by atoms with Gasteiger partial charge < -0.3 is 14.5 Å². The molecule has 1 atom stereocenters. The number of anilines is 1. The number of rotatable bonds is 2. The highest BCUT2D eigenvalue weighted by Gasteiger charge is 2.40. The van der Waals surface area contributed by atoms with Crippen molar-refractivity contribution in [3.8, 4) is 0 Å². The molecule has 1 spiro atoms. The summed E-state index contributed by atoms with van der Waals surface area (Å²) in [6.07, 6.45) is 2.07. The minimum Gasteiger partial charge on any atom is -0.379 e. The summed E-state index contributed by atoms with van der Waals surface area (Å²) in [6, 6.07) is 5.93.